The molecule has 1 amide bonds. The average Bonchev–Trinajstić information content (AvgIpc) is 2.79. The Balaban J connectivity index is 2.13. The van der Waals surface area contributed by atoms with Crippen molar-refractivity contribution in [1.82, 2.24) is 0 Å². The lowest BCUT2D eigenvalue weighted by Gasteiger charge is -2.32. The number of nitrogens with two attached hydrogens (primary N) is 1. The number of nitrogens with one attached hydrogen (secondary N) is 1. The van der Waals surface area contributed by atoms with E-state index in [0.29, 0.717) is 33.3 Å². The van der Waals surface area contributed by atoms with Gasteiger partial charge in [-0.1, -0.05) is 23.7 Å². The van der Waals surface area contributed by atoms with Crippen molar-refractivity contribution in [1.29, 1.82) is 0 Å². The number of phenols is 1. The summed E-state index contributed by atoms with van der Waals surface area (Å²) in [4.78, 5) is 13.7. The van der Waals surface area contributed by atoms with E-state index >= 15 is 0 Å². The minimum absolute atomic E-state index is 0.00446. The highest BCUT2D eigenvalue weighted by Gasteiger charge is 2.24. The normalized spacial score (nSPS) is 12.1. The number of aromatic hydroxyl groups is 1. The maximum Gasteiger partial charge on any atom is 0.229 e. The Hall–Kier alpha value is -3.47. The fraction of sp³-hybridized carbons (Fsp3) is 0.240. The van der Waals surface area contributed by atoms with Crippen LogP contribution in [0.1, 0.15) is 22.8 Å². The third-order valence-electron chi connectivity index (χ3n) is 5.48. The fourth-order valence-corrected chi connectivity index (χ4v) is 4.60. The second kappa shape index (κ2) is 11.1. The van der Waals surface area contributed by atoms with Crippen molar-refractivity contribution >= 4 is 44.6 Å². The molecule has 3 rings (SSSR count). The number of amides is 1. The molecule has 0 heterocycles. The van der Waals surface area contributed by atoms with Gasteiger partial charge in [-0.05, 0) is 60.5 Å². The van der Waals surface area contributed by atoms with Gasteiger partial charge >= 0.3 is 0 Å². The summed E-state index contributed by atoms with van der Waals surface area (Å²) in [6, 6.07) is 14.7. The highest BCUT2D eigenvalue weighted by atomic mass is 35.5. The second-order valence-electron chi connectivity index (χ2n) is 8.31. The molecule has 1 unspecified atom stereocenters. The third kappa shape index (κ3) is 6.60. The number of halogens is 1. The molecule has 11 heteroatoms. The van der Waals surface area contributed by atoms with Crippen LogP contribution in [0.2, 0.25) is 5.02 Å². The molecule has 0 aliphatic carbocycles. The van der Waals surface area contributed by atoms with Crippen molar-refractivity contribution in [2.24, 2.45) is 5.73 Å². The van der Waals surface area contributed by atoms with Crippen LogP contribution in [0, 0.1) is 6.92 Å². The van der Waals surface area contributed by atoms with Crippen LogP contribution in [0.15, 0.2) is 54.6 Å². The molecule has 3 aromatic carbocycles. The first-order valence-electron chi connectivity index (χ1n) is 10.9. The van der Waals surface area contributed by atoms with E-state index in [2.05, 4.69) is 4.72 Å². The number of carbonyl (C=O) groups excluding carboxylic acids is 1. The summed E-state index contributed by atoms with van der Waals surface area (Å²) >= 11 is 6.10. The van der Waals surface area contributed by atoms with Crippen LogP contribution >= 0.6 is 11.6 Å². The van der Waals surface area contributed by atoms with Crippen molar-refractivity contribution < 1.29 is 28.2 Å². The number of aliphatic hydroxyl groups is 1. The molecule has 0 aromatic heterocycles. The number of phenolic OH excluding ortho intramolecular Hbond substituents is 1. The molecule has 3 aromatic rings. The molecular formula is C25H28ClN3O6S. The highest BCUT2D eigenvalue weighted by Crippen LogP contribution is 2.39. The van der Waals surface area contributed by atoms with Crippen LogP contribution in [0.5, 0.6) is 11.5 Å². The molecular weight excluding hydrogens is 506 g/mol. The van der Waals surface area contributed by atoms with Gasteiger partial charge in [0.1, 0.15) is 11.5 Å². The maximum absolute atomic E-state index is 11.9. The smallest absolute Gasteiger partial charge is 0.229 e. The van der Waals surface area contributed by atoms with Gasteiger partial charge in [-0.25, -0.2) is 8.42 Å². The van der Waals surface area contributed by atoms with Crippen LogP contribution in [-0.4, -0.2) is 44.4 Å². The summed E-state index contributed by atoms with van der Waals surface area (Å²) in [6.45, 7) is 1.87. The van der Waals surface area contributed by atoms with E-state index in [-0.39, 0.29) is 24.4 Å². The minimum atomic E-state index is -3.66. The lowest BCUT2D eigenvalue weighted by Crippen LogP contribution is -2.27. The number of aliphatic hydroxyl groups excluding tert-OH is 1. The molecule has 1 atom stereocenters. The van der Waals surface area contributed by atoms with E-state index in [9.17, 15) is 23.4 Å². The quantitative estimate of drug-likeness (QED) is 0.291. The molecule has 9 nitrogen and oxygen atoms in total. The van der Waals surface area contributed by atoms with Crippen LogP contribution in [0.4, 0.5) is 17.1 Å². The number of methoxy groups -OCH3 is 1. The van der Waals surface area contributed by atoms with E-state index in [4.69, 9.17) is 22.1 Å². The molecule has 0 radical (unpaired) electrons. The molecule has 0 fully saturated rings. The van der Waals surface area contributed by atoms with E-state index in [0.717, 1.165) is 11.8 Å². The first-order valence-corrected chi connectivity index (χ1v) is 13.1. The number of ether oxygens (including phenoxy) is 1. The summed E-state index contributed by atoms with van der Waals surface area (Å²) in [6.07, 6.45) is -0.264. The molecule has 0 saturated heterocycles. The van der Waals surface area contributed by atoms with Crippen LogP contribution in [0.3, 0.4) is 0 Å². The second-order valence-corrected chi connectivity index (χ2v) is 10.5. The fourth-order valence-electron chi connectivity index (χ4n) is 3.91. The molecule has 192 valence electrons. The molecule has 0 spiro atoms. The first-order chi connectivity index (χ1) is 16.9. The van der Waals surface area contributed by atoms with Gasteiger partial charge in [-0.15, -0.1) is 0 Å². The van der Waals surface area contributed by atoms with Crippen molar-refractivity contribution in [3.63, 3.8) is 0 Å². The maximum atomic E-state index is 11.9. The summed E-state index contributed by atoms with van der Waals surface area (Å²) in [5.74, 6) is -0.364. The first kappa shape index (κ1) is 27.1. The van der Waals surface area contributed by atoms with E-state index in [1.54, 1.807) is 30.3 Å². The molecule has 5 N–H and O–H groups in total. The number of aryl methyl sites for hydroxylation is 1. The van der Waals surface area contributed by atoms with Gasteiger partial charge in [-0.2, -0.15) is 0 Å². The molecule has 0 saturated carbocycles. The van der Waals surface area contributed by atoms with Gasteiger partial charge in [0, 0.05) is 16.3 Å². The van der Waals surface area contributed by atoms with Gasteiger partial charge in [-0.3, -0.25) is 9.52 Å². The zero-order chi connectivity index (χ0) is 26.6. The molecule has 0 aliphatic heterocycles. The Morgan fingerprint density at radius 3 is 2.42 bits per heavy atom. The van der Waals surface area contributed by atoms with E-state index < -0.39 is 22.0 Å². The molecule has 0 aliphatic rings. The lowest BCUT2D eigenvalue weighted by atomic mass is 10.00. The Morgan fingerprint density at radius 1 is 1.17 bits per heavy atom. The molecule has 0 bridgehead atoms. The summed E-state index contributed by atoms with van der Waals surface area (Å²) in [7, 11) is -2.16. The zero-order valence-electron chi connectivity index (χ0n) is 20.0. The van der Waals surface area contributed by atoms with E-state index in [1.807, 2.05) is 17.9 Å². The standard InChI is InChI=1S/C25H28ClN3O6S/c1-15-4-11-23(35-2)19(13-24(27)32)25(15)29(18-8-6-17(26)7-9-18)14-22(31)16-5-10-21(30)20(12-16)28-36(3,33)34/h4-12,22,28,30-31H,13-14H2,1-3H3,(H2,27,32). The van der Waals surface area contributed by atoms with Gasteiger partial charge in [0.2, 0.25) is 15.9 Å². The molecule has 36 heavy (non-hydrogen) atoms. The minimum Gasteiger partial charge on any atom is -0.506 e. The number of nitrogens with zero attached hydrogens (tertiary/aromatic N) is 1. The van der Waals surface area contributed by atoms with Crippen LogP contribution in [0.25, 0.3) is 0 Å². The summed E-state index contributed by atoms with van der Waals surface area (Å²) < 4.78 is 31.1. The Kier molecular flexibility index (Phi) is 8.34. The Labute approximate surface area is 215 Å². The van der Waals surface area contributed by atoms with Crippen LogP contribution < -0.4 is 20.1 Å². The van der Waals surface area contributed by atoms with Crippen molar-refractivity contribution in [2.75, 3.05) is 29.5 Å². The number of primary amides is 1. The van der Waals surface area contributed by atoms with Gasteiger partial charge in [0.25, 0.3) is 0 Å². The largest absolute Gasteiger partial charge is 0.506 e. The summed E-state index contributed by atoms with van der Waals surface area (Å²) in [5, 5.41) is 21.8. The predicted molar refractivity (Wildman–Crippen MR) is 141 cm³/mol. The topological polar surface area (TPSA) is 142 Å². The summed E-state index contributed by atoms with van der Waals surface area (Å²) in [5.41, 5.74) is 8.50. The predicted octanol–water partition coefficient (Wildman–Crippen LogP) is 3.63. The monoisotopic (exact) mass is 533 g/mol. The van der Waals surface area contributed by atoms with Crippen LogP contribution in [-0.2, 0) is 21.2 Å². The number of rotatable bonds is 10. The van der Waals surface area contributed by atoms with Gasteiger partial charge in [0.15, 0.2) is 0 Å². The number of carbonyl (C=O) groups is 1. The van der Waals surface area contributed by atoms with Crippen molar-refractivity contribution in [3.8, 4) is 11.5 Å². The van der Waals surface area contributed by atoms with Gasteiger partial charge < -0.3 is 25.6 Å². The lowest BCUT2D eigenvalue weighted by molar-refractivity contribution is -0.117. The SMILES string of the molecule is COc1ccc(C)c(N(CC(O)c2ccc(O)c(NS(C)(=O)=O)c2)c2ccc(Cl)cc2)c1CC(N)=O. The Bertz CT molecular complexity index is 1360. The third-order valence-corrected chi connectivity index (χ3v) is 6.32. The Morgan fingerprint density at radius 2 is 1.83 bits per heavy atom. The number of sulfonamides is 1. The highest BCUT2D eigenvalue weighted by molar-refractivity contribution is 7.92. The van der Waals surface area contributed by atoms with Crippen molar-refractivity contribution in [2.45, 2.75) is 19.4 Å². The number of hydrogen-bond acceptors (Lipinski definition) is 7. The van der Waals surface area contributed by atoms with E-state index in [1.165, 1.54) is 25.3 Å². The zero-order valence-corrected chi connectivity index (χ0v) is 21.6. The average molecular weight is 534 g/mol. The number of hydrogen-bond donors (Lipinski definition) is 4. The van der Waals surface area contributed by atoms with Gasteiger partial charge in [0.05, 0.1) is 43.8 Å². The number of benzene rings is 3. The number of anilines is 3. The van der Waals surface area contributed by atoms with Crippen molar-refractivity contribution in [3.05, 3.63) is 76.3 Å².